The van der Waals surface area contributed by atoms with Crippen LogP contribution in [-0.2, 0) is 4.74 Å². The van der Waals surface area contributed by atoms with Gasteiger partial charge < -0.3 is 10.5 Å². The molecule has 1 atom stereocenters. The molecule has 0 rings (SSSR count). The van der Waals surface area contributed by atoms with E-state index in [0.717, 1.165) is 19.4 Å². The van der Waals surface area contributed by atoms with Gasteiger partial charge in [-0.05, 0) is 12.8 Å². The lowest BCUT2D eigenvalue weighted by Gasteiger charge is -2.14. The van der Waals surface area contributed by atoms with Crippen molar-refractivity contribution in [3.63, 3.8) is 0 Å². The molecule has 2 N–H and O–H groups in total. The Balaban J connectivity index is 3.17. The third-order valence-electron chi connectivity index (χ3n) is 2.22. The average Bonchev–Trinajstić information content (AvgIpc) is 2.16. The number of nitrogens with two attached hydrogens (primary N) is 1. The first-order valence-electron chi connectivity index (χ1n) is 5.66. The van der Waals surface area contributed by atoms with E-state index in [1.54, 1.807) is 0 Å². The minimum Gasteiger partial charge on any atom is -0.377 e. The maximum atomic E-state index is 5.65. The van der Waals surface area contributed by atoms with Gasteiger partial charge in [-0.1, -0.05) is 39.5 Å². The highest BCUT2D eigenvalue weighted by molar-refractivity contribution is 4.57. The third-order valence-corrected chi connectivity index (χ3v) is 2.22. The van der Waals surface area contributed by atoms with E-state index in [1.165, 1.54) is 25.7 Å². The molecule has 13 heavy (non-hydrogen) atoms. The summed E-state index contributed by atoms with van der Waals surface area (Å²) < 4.78 is 5.65. The van der Waals surface area contributed by atoms with Crippen molar-refractivity contribution in [3.8, 4) is 0 Å². The van der Waals surface area contributed by atoms with Crippen molar-refractivity contribution in [1.29, 1.82) is 0 Å². The van der Waals surface area contributed by atoms with Crippen LogP contribution >= 0.6 is 0 Å². The summed E-state index contributed by atoms with van der Waals surface area (Å²) in [6.45, 7) is 5.95. The molecule has 0 heterocycles. The summed E-state index contributed by atoms with van der Waals surface area (Å²) >= 11 is 0. The predicted molar refractivity (Wildman–Crippen MR) is 57.8 cm³/mol. The lowest BCUT2D eigenvalue weighted by Crippen LogP contribution is -2.23. The molecule has 2 heteroatoms. The van der Waals surface area contributed by atoms with Crippen LogP contribution in [0.1, 0.15) is 52.4 Å². The van der Waals surface area contributed by atoms with Crippen LogP contribution in [0.15, 0.2) is 0 Å². The molecule has 0 aromatic carbocycles. The smallest absolute Gasteiger partial charge is 0.0697 e. The van der Waals surface area contributed by atoms with Gasteiger partial charge in [-0.25, -0.2) is 0 Å². The monoisotopic (exact) mass is 187 g/mol. The molecular formula is C11H25NO. The van der Waals surface area contributed by atoms with Crippen molar-refractivity contribution >= 4 is 0 Å². The van der Waals surface area contributed by atoms with Gasteiger partial charge in [0.15, 0.2) is 0 Å². The van der Waals surface area contributed by atoms with E-state index in [1.807, 2.05) is 0 Å². The molecule has 0 aliphatic heterocycles. The zero-order valence-corrected chi connectivity index (χ0v) is 9.22. The molecule has 0 aliphatic carbocycles. The highest BCUT2D eigenvalue weighted by atomic mass is 16.5. The lowest BCUT2D eigenvalue weighted by molar-refractivity contribution is 0.0503. The maximum absolute atomic E-state index is 5.65. The molecule has 0 aromatic heterocycles. The maximum Gasteiger partial charge on any atom is 0.0697 e. The molecule has 1 unspecified atom stereocenters. The van der Waals surface area contributed by atoms with Crippen LogP contribution < -0.4 is 5.73 Å². The van der Waals surface area contributed by atoms with E-state index in [-0.39, 0.29) is 0 Å². The Morgan fingerprint density at radius 3 is 2.38 bits per heavy atom. The minimum atomic E-state index is 0.298. The first-order chi connectivity index (χ1) is 6.35. The van der Waals surface area contributed by atoms with Crippen LogP contribution in [0.4, 0.5) is 0 Å². The van der Waals surface area contributed by atoms with Gasteiger partial charge in [-0.15, -0.1) is 0 Å². The van der Waals surface area contributed by atoms with Gasteiger partial charge in [0.2, 0.25) is 0 Å². The normalized spacial score (nSPS) is 13.2. The quantitative estimate of drug-likeness (QED) is 0.563. The Morgan fingerprint density at radius 1 is 1.08 bits per heavy atom. The summed E-state index contributed by atoms with van der Waals surface area (Å²) in [5.74, 6) is 0. The number of hydrogen-bond donors (Lipinski definition) is 1. The molecule has 0 spiro atoms. The van der Waals surface area contributed by atoms with Crippen LogP contribution in [0.25, 0.3) is 0 Å². The van der Waals surface area contributed by atoms with Crippen LogP contribution in [0.3, 0.4) is 0 Å². The lowest BCUT2D eigenvalue weighted by atomic mass is 10.2. The summed E-state index contributed by atoms with van der Waals surface area (Å²) in [5.41, 5.74) is 5.57. The molecule has 0 radical (unpaired) electrons. The molecule has 0 fully saturated rings. The van der Waals surface area contributed by atoms with E-state index in [2.05, 4.69) is 13.8 Å². The standard InChI is InChI=1S/C11H25NO/c1-3-5-6-7-9-13-11(10-12)8-4-2/h11H,3-10,12H2,1-2H3. The summed E-state index contributed by atoms with van der Waals surface area (Å²) in [7, 11) is 0. The van der Waals surface area contributed by atoms with Gasteiger partial charge >= 0.3 is 0 Å². The van der Waals surface area contributed by atoms with E-state index >= 15 is 0 Å². The van der Waals surface area contributed by atoms with Crippen molar-refractivity contribution in [1.82, 2.24) is 0 Å². The number of hydrogen-bond acceptors (Lipinski definition) is 2. The van der Waals surface area contributed by atoms with Gasteiger partial charge in [-0.2, -0.15) is 0 Å². The summed E-state index contributed by atoms with van der Waals surface area (Å²) in [5, 5.41) is 0. The fraction of sp³-hybridized carbons (Fsp3) is 1.00. The molecular weight excluding hydrogens is 162 g/mol. The number of rotatable bonds is 9. The van der Waals surface area contributed by atoms with Crippen molar-refractivity contribution < 1.29 is 4.74 Å². The van der Waals surface area contributed by atoms with E-state index in [9.17, 15) is 0 Å². The molecule has 2 nitrogen and oxygen atoms in total. The second-order valence-corrected chi connectivity index (χ2v) is 3.58. The Labute approximate surface area is 82.8 Å². The van der Waals surface area contributed by atoms with Crippen LogP contribution in [-0.4, -0.2) is 19.3 Å². The van der Waals surface area contributed by atoms with Gasteiger partial charge in [0, 0.05) is 13.2 Å². The first-order valence-corrected chi connectivity index (χ1v) is 5.66. The fourth-order valence-electron chi connectivity index (χ4n) is 1.37. The van der Waals surface area contributed by atoms with E-state index < -0.39 is 0 Å². The Bertz CT molecular complexity index is 96.1. The van der Waals surface area contributed by atoms with Gasteiger partial charge in [0.1, 0.15) is 0 Å². The summed E-state index contributed by atoms with van der Waals surface area (Å²) in [6.07, 6.45) is 7.65. The Kier molecular flexibility index (Phi) is 9.94. The second-order valence-electron chi connectivity index (χ2n) is 3.58. The van der Waals surface area contributed by atoms with Gasteiger partial charge in [-0.3, -0.25) is 0 Å². The van der Waals surface area contributed by atoms with Crippen LogP contribution in [0, 0.1) is 0 Å². The summed E-state index contributed by atoms with van der Waals surface area (Å²) in [4.78, 5) is 0. The molecule has 0 aromatic rings. The van der Waals surface area contributed by atoms with Crippen molar-refractivity contribution in [2.75, 3.05) is 13.2 Å². The fourth-order valence-corrected chi connectivity index (χ4v) is 1.37. The van der Waals surface area contributed by atoms with Crippen molar-refractivity contribution in [2.45, 2.75) is 58.5 Å². The van der Waals surface area contributed by atoms with Gasteiger partial charge in [0.05, 0.1) is 6.10 Å². The van der Waals surface area contributed by atoms with Crippen molar-refractivity contribution in [3.05, 3.63) is 0 Å². The largest absolute Gasteiger partial charge is 0.377 e. The summed E-state index contributed by atoms with van der Waals surface area (Å²) in [6, 6.07) is 0. The zero-order valence-electron chi connectivity index (χ0n) is 9.22. The first kappa shape index (κ1) is 12.9. The molecule has 0 amide bonds. The number of unbranched alkanes of at least 4 members (excludes halogenated alkanes) is 3. The molecule has 0 aliphatic rings. The Morgan fingerprint density at radius 2 is 1.85 bits per heavy atom. The molecule has 80 valence electrons. The highest BCUT2D eigenvalue weighted by Crippen LogP contribution is 2.04. The minimum absolute atomic E-state index is 0.298. The molecule has 0 saturated carbocycles. The van der Waals surface area contributed by atoms with Crippen LogP contribution in [0.5, 0.6) is 0 Å². The van der Waals surface area contributed by atoms with Crippen molar-refractivity contribution in [2.24, 2.45) is 5.73 Å². The highest BCUT2D eigenvalue weighted by Gasteiger charge is 2.03. The second kappa shape index (κ2) is 10.0. The van der Waals surface area contributed by atoms with Crippen LogP contribution in [0.2, 0.25) is 0 Å². The SMILES string of the molecule is CCCCCCOC(CN)CCC. The number of ether oxygens (including phenoxy) is 1. The Hall–Kier alpha value is -0.0800. The van der Waals surface area contributed by atoms with E-state index in [0.29, 0.717) is 12.6 Å². The topological polar surface area (TPSA) is 35.2 Å². The molecule has 0 bridgehead atoms. The van der Waals surface area contributed by atoms with Gasteiger partial charge in [0.25, 0.3) is 0 Å². The average molecular weight is 187 g/mol. The zero-order chi connectivity index (χ0) is 9.94. The van der Waals surface area contributed by atoms with E-state index in [4.69, 9.17) is 10.5 Å². The predicted octanol–water partition coefficient (Wildman–Crippen LogP) is 2.71. The molecule has 0 saturated heterocycles. The third kappa shape index (κ3) is 8.26.